The van der Waals surface area contributed by atoms with Gasteiger partial charge in [0, 0.05) is 5.56 Å². The molecule has 3 heteroatoms. The lowest BCUT2D eigenvalue weighted by Gasteiger charge is -2.02. The Hall–Kier alpha value is -2.32. The van der Waals surface area contributed by atoms with Crippen LogP contribution in [0, 0.1) is 0 Å². The topological polar surface area (TPSA) is 26.0 Å². The van der Waals surface area contributed by atoms with Crippen LogP contribution in [0.5, 0.6) is 0 Å². The lowest BCUT2D eigenvalue weighted by atomic mass is 10.0. The molecule has 2 aromatic carbocycles. The zero-order valence-corrected chi connectivity index (χ0v) is 11.3. The number of fused-ring (bicyclic) bond motifs is 2. The zero-order valence-electron chi connectivity index (χ0n) is 10.5. The molecule has 0 saturated heterocycles. The van der Waals surface area contributed by atoms with E-state index in [-0.39, 0.29) is 0 Å². The maximum Gasteiger partial charge on any atom is 0.153 e. The van der Waals surface area contributed by atoms with Crippen molar-refractivity contribution in [2.75, 3.05) is 0 Å². The van der Waals surface area contributed by atoms with Gasteiger partial charge in [0.2, 0.25) is 0 Å². The Labute approximate surface area is 120 Å². The van der Waals surface area contributed by atoms with Gasteiger partial charge in [0.15, 0.2) is 5.58 Å². The Morgan fingerprint density at radius 2 is 1.75 bits per heavy atom. The fourth-order valence-corrected chi connectivity index (χ4v) is 2.60. The Kier molecular flexibility index (Phi) is 2.51. The van der Waals surface area contributed by atoms with Crippen molar-refractivity contribution in [3.05, 3.63) is 66.0 Å². The number of nitrogens with zero attached hydrogens (tertiary/aromatic N) is 1. The van der Waals surface area contributed by atoms with E-state index in [0.29, 0.717) is 5.15 Å². The van der Waals surface area contributed by atoms with Crippen LogP contribution in [0.25, 0.3) is 33.0 Å². The lowest BCUT2D eigenvalue weighted by molar-refractivity contribution is 0.616. The molecule has 2 aromatic heterocycles. The molecule has 0 atom stereocenters. The minimum atomic E-state index is 0.473. The molecule has 0 aliphatic carbocycles. The third-order valence-electron chi connectivity index (χ3n) is 3.44. The van der Waals surface area contributed by atoms with Gasteiger partial charge in [-0.05, 0) is 34.5 Å². The van der Waals surface area contributed by atoms with Crippen molar-refractivity contribution in [3.8, 4) is 11.1 Å². The molecule has 2 nitrogen and oxygen atoms in total. The number of furan rings is 1. The van der Waals surface area contributed by atoms with E-state index in [9.17, 15) is 0 Å². The van der Waals surface area contributed by atoms with E-state index in [1.54, 1.807) is 12.3 Å². The van der Waals surface area contributed by atoms with Crippen LogP contribution in [-0.4, -0.2) is 4.98 Å². The number of pyridine rings is 1. The first-order chi connectivity index (χ1) is 9.81. The number of hydrogen-bond acceptors (Lipinski definition) is 2. The summed E-state index contributed by atoms with van der Waals surface area (Å²) in [6, 6.07) is 18.2. The first-order valence-corrected chi connectivity index (χ1v) is 6.72. The van der Waals surface area contributed by atoms with E-state index < -0.39 is 0 Å². The molecule has 0 unspecified atom stereocenters. The molecule has 4 rings (SSSR count). The van der Waals surface area contributed by atoms with Gasteiger partial charge < -0.3 is 4.42 Å². The van der Waals surface area contributed by atoms with Gasteiger partial charge in [-0.3, -0.25) is 0 Å². The molecule has 0 amide bonds. The average molecular weight is 280 g/mol. The van der Waals surface area contributed by atoms with Gasteiger partial charge in [-0.2, -0.15) is 0 Å². The van der Waals surface area contributed by atoms with Crippen LogP contribution in [0.4, 0.5) is 0 Å². The Morgan fingerprint density at radius 1 is 0.900 bits per heavy atom. The molecule has 96 valence electrons. The molecule has 20 heavy (non-hydrogen) atoms. The second kappa shape index (κ2) is 4.36. The van der Waals surface area contributed by atoms with Gasteiger partial charge in [-0.25, -0.2) is 4.98 Å². The van der Waals surface area contributed by atoms with Gasteiger partial charge in [0.25, 0.3) is 0 Å². The maximum atomic E-state index is 5.98. The summed E-state index contributed by atoms with van der Waals surface area (Å²) >= 11 is 5.98. The number of rotatable bonds is 1. The van der Waals surface area contributed by atoms with Crippen molar-refractivity contribution in [3.63, 3.8) is 0 Å². The van der Waals surface area contributed by atoms with Crippen molar-refractivity contribution < 1.29 is 4.42 Å². The van der Waals surface area contributed by atoms with E-state index in [2.05, 4.69) is 35.3 Å². The SMILES string of the molecule is Clc1ccc2occ(-c3ccc4ccccc4c3)c2n1. The van der Waals surface area contributed by atoms with E-state index in [0.717, 1.165) is 22.2 Å². The normalized spacial score (nSPS) is 11.2. The van der Waals surface area contributed by atoms with Crippen molar-refractivity contribution in [1.82, 2.24) is 4.98 Å². The third-order valence-corrected chi connectivity index (χ3v) is 3.65. The molecule has 0 aliphatic heterocycles. The van der Waals surface area contributed by atoms with Gasteiger partial charge in [-0.15, -0.1) is 0 Å². The van der Waals surface area contributed by atoms with E-state index in [4.69, 9.17) is 16.0 Å². The quantitative estimate of drug-likeness (QED) is 0.442. The lowest BCUT2D eigenvalue weighted by Crippen LogP contribution is -1.80. The van der Waals surface area contributed by atoms with E-state index in [1.807, 2.05) is 18.2 Å². The van der Waals surface area contributed by atoms with Crippen LogP contribution in [0.3, 0.4) is 0 Å². The molecule has 2 heterocycles. The van der Waals surface area contributed by atoms with Gasteiger partial charge in [0.1, 0.15) is 16.9 Å². The molecule has 4 aromatic rings. The van der Waals surface area contributed by atoms with Gasteiger partial charge in [-0.1, -0.05) is 48.0 Å². The van der Waals surface area contributed by atoms with Crippen LogP contribution in [-0.2, 0) is 0 Å². The number of hydrogen-bond donors (Lipinski definition) is 0. The van der Waals surface area contributed by atoms with E-state index >= 15 is 0 Å². The second-order valence-corrected chi connectivity index (χ2v) is 5.08. The highest BCUT2D eigenvalue weighted by Crippen LogP contribution is 2.31. The summed E-state index contributed by atoms with van der Waals surface area (Å²) in [7, 11) is 0. The second-order valence-electron chi connectivity index (χ2n) is 4.69. The van der Waals surface area contributed by atoms with Crippen molar-refractivity contribution in [2.24, 2.45) is 0 Å². The highest BCUT2D eigenvalue weighted by molar-refractivity contribution is 6.29. The third kappa shape index (κ3) is 1.77. The number of benzene rings is 2. The number of halogens is 1. The minimum Gasteiger partial charge on any atom is -0.462 e. The van der Waals surface area contributed by atoms with Crippen molar-refractivity contribution in [1.29, 1.82) is 0 Å². The maximum absolute atomic E-state index is 5.98. The first-order valence-electron chi connectivity index (χ1n) is 6.34. The smallest absolute Gasteiger partial charge is 0.153 e. The molecular weight excluding hydrogens is 270 g/mol. The van der Waals surface area contributed by atoms with Crippen LogP contribution < -0.4 is 0 Å². The van der Waals surface area contributed by atoms with Crippen LogP contribution in [0.15, 0.2) is 65.3 Å². The van der Waals surface area contributed by atoms with Crippen LogP contribution in [0.2, 0.25) is 5.15 Å². The largest absolute Gasteiger partial charge is 0.462 e. The highest BCUT2D eigenvalue weighted by Gasteiger charge is 2.10. The summed E-state index contributed by atoms with van der Waals surface area (Å²) in [4.78, 5) is 4.36. The summed E-state index contributed by atoms with van der Waals surface area (Å²) in [6.07, 6.45) is 1.73. The molecule has 0 aliphatic rings. The highest BCUT2D eigenvalue weighted by atomic mass is 35.5. The van der Waals surface area contributed by atoms with Crippen molar-refractivity contribution >= 4 is 33.5 Å². The Balaban J connectivity index is 1.98. The fraction of sp³-hybridized carbons (Fsp3) is 0. The number of aromatic nitrogens is 1. The summed E-state index contributed by atoms with van der Waals surface area (Å²) in [5, 5.41) is 2.89. The Bertz CT molecular complexity index is 926. The molecule has 0 spiro atoms. The van der Waals surface area contributed by atoms with Crippen LogP contribution >= 0.6 is 11.6 Å². The molecule has 0 fully saturated rings. The minimum absolute atomic E-state index is 0.473. The average Bonchev–Trinajstić information content (AvgIpc) is 2.89. The molecule has 0 radical (unpaired) electrons. The molecule has 0 N–H and O–H groups in total. The van der Waals surface area contributed by atoms with Gasteiger partial charge in [0.05, 0.1) is 0 Å². The van der Waals surface area contributed by atoms with Crippen LogP contribution in [0.1, 0.15) is 0 Å². The summed E-state index contributed by atoms with van der Waals surface area (Å²) in [5.74, 6) is 0. The Morgan fingerprint density at radius 3 is 2.65 bits per heavy atom. The zero-order chi connectivity index (χ0) is 13.5. The summed E-state index contributed by atoms with van der Waals surface area (Å²) in [6.45, 7) is 0. The standard InChI is InChI=1S/C17H10ClNO/c18-16-8-7-15-17(19-16)14(10-20-15)13-6-5-11-3-1-2-4-12(11)9-13/h1-10H. The molecule has 0 saturated carbocycles. The fourth-order valence-electron chi connectivity index (χ4n) is 2.45. The summed E-state index contributed by atoms with van der Waals surface area (Å²) in [5.41, 5.74) is 3.59. The molecule has 0 bridgehead atoms. The van der Waals surface area contributed by atoms with Crippen molar-refractivity contribution in [2.45, 2.75) is 0 Å². The van der Waals surface area contributed by atoms with E-state index in [1.165, 1.54) is 10.8 Å². The monoisotopic (exact) mass is 279 g/mol. The first kappa shape index (κ1) is 11.5. The predicted molar refractivity (Wildman–Crippen MR) is 82.0 cm³/mol. The molecular formula is C17H10ClNO. The predicted octanol–water partition coefficient (Wildman–Crippen LogP) is 5.30. The van der Waals surface area contributed by atoms with Gasteiger partial charge >= 0.3 is 0 Å². The summed E-state index contributed by atoms with van der Waals surface area (Å²) < 4.78 is 5.55.